The molecular formula is C21H27N3O3. The quantitative estimate of drug-likeness (QED) is 0.798. The Morgan fingerprint density at radius 3 is 2.70 bits per heavy atom. The van der Waals surface area contributed by atoms with Gasteiger partial charge >= 0.3 is 0 Å². The molecule has 1 saturated heterocycles. The number of amides is 3. The zero-order valence-corrected chi connectivity index (χ0v) is 15.8. The first-order valence-corrected chi connectivity index (χ1v) is 9.97. The van der Waals surface area contributed by atoms with E-state index in [1.165, 1.54) is 37.7 Å². The van der Waals surface area contributed by atoms with E-state index in [4.69, 9.17) is 0 Å². The summed E-state index contributed by atoms with van der Waals surface area (Å²) in [5, 5.41) is 6.05. The third-order valence-electron chi connectivity index (χ3n) is 6.26. The summed E-state index contributed by atoms with van der Waals surface area (Å²) in [7, 11) is 0. The maximum atomic E-state index is 12.7. The molecule has 1 aliphatic carbocycles. The number of hydrogen-bond donors (Lipinski definition) is 2. The SMILES string of the molecule is CC1(NCc2ccc3c(c2)CN(C2CCC(=O)NC2=O)C3=O)CCCCC1. The highest BCUT2D eigenvalue weighted by molar-refractivity contribution is 6.05. The van der Waals surface area contributed by atoms with Crippen molar-refractivity contribution in [3.8, 4) is 0 Å². The minimum Gasteiger partial charge on any atom is -0.322 e. The lowest BCUT2D eigenvalue weighted by molar-refractivity contribution is -0.136. The van der Waals surface area contributed by atoms with Crippen LogP contribution in [0, 0.1) is 0 Å². The van der Waals surface area contributed by atoms with Crippen LogP contribution in [0.4, 0.5) is 0 Å². The number of fused-ring (bicyclic) bond motifs is 1. The second kappa shape index (κ2) is 7.08. The fraction of sp³-hybridized carbons (Fsp3) is 0.571. The molecule has 2 fully saturated rings. The zero-order chi connectivity index (χ0) is 19.0. The Kier molecular flexibility index (Phi) is 4.76. The smallest absolute Gasteiger partial charge is 0.255 e. The van der Waals surface area contributed by atoms with Crippen LogP contribution in [-0.2, 0) is 22.7 Å². The van der Waals surface area contributed by atoms with E-state index in [1.807, 2.05) is 12.1 Å². The summed E-state index contributed by atoms with van der Waals surface area (Å²) in [6.07, 6.45) is 6.99. The molecule has 1 saturated carbocycles. The molecule has 2 heterocycles. The van der Waals surface area contributed by atoms with Crippen molar-refractivity contribution < 1.29 is 14.4 Å². The topological polar surface area (TPSA) is 78.5 Å². The number of carbonyl (C=O) groups excluding carboxylic acids is 3. The van der Waals surface area contributed by atoms with Crippen molar-refractivity contribution in [2.45, 2.75) is 76.5 Å². The molecule has 144 valence electrons. The molecule has 2 aliphatic heterocycles. The van der Waals surface area contributed by atoms with Crippen LogP contribution in [0.25, 0.3) is 0 Å². The van der Waals surface area contributed by atoms with Crippen LogP contribution < -0.4 is 10.6 Å². The van der Waals surface area contributed by atoms with Crippen LogP contribution in [-0.4, -0.2) is 34.2 Å². The number of hydrogen-bond acceptors (Lipinski definition) is 4. The monoisotopic (exact) mass is 369 g/mol. The number of nitrogens with zero attached hydrogens (tertiary/aromatic N) is 1. The minimum atomic E-state index is -0.551. The van der Waals surface area contributed by atoms with Gasteiger partial charge in [-0.3, -0.25) is 19.7 Å². The highest BCUT2D eigenvalue weighted by Gasteiger charge is 2.39. The number of benzene rings is 1. The van der Waals surface area contributed by atoms with Crippen molar-refractivity contribution in [1.29, 1.82) is 0 Å². The summed E-state index contributed by atoms with van der Waals surface area (Å²) >= 11 is 0. The summed E-state index contributed by atoms with van der Waals surface area (Å²) in [5.74, 6) is -0.734. The van der Waals surface area contributed by atoms with E-state index in [9.17, 15) is 14.4 Å². The van der Waals surface area contributed by atoms with Crippen LogP contribution in [0.5, 0.6) is 0 Å². The first-order valence-electron chi connectivity index (χ1n) is 9.97. The fourth-order valence-corrected chi connectivity index (χ4v) is 4.56. The van der Waals surface area contributed by atoms with E-state index in [1.54, 1.807) is 4.90 Å². The van der Waals surface area contributed by atoms with Gasteiger partial charge in [0.05, 0.1) is 0 Å². The molecule has 0 radical (unpaired) electrons. The van der Waals surface area contributed by atoms with Crippen LogP contribution in [0.1, 0.15) is 73.4 Å². The van der Waals surface area contributed by atoms with Gasteiger partial charge in [0.1, 0.15) is 6.04 Å². The summed E-state index contributed by atoms with van der Waals surface area (Å²) in [6, 6.07) is 5.41. The number of nitrogens with one attached hydrogen (secondary N) is 2. The molecule has 2 N–H and O–H groups in total. The van der Waals surface area contributed by atoms with E-state index in [-0.39, 0.29) is 29.7 Å². The van der Waals surface area contributed by atoms with Gasteiger partial charge in [0, 0.05) is 30.6 Å². The van der Waals surface area contributed by atoms with Gasteiger partial charge in [0.15, 0.2) is 0 Å². The zero-order valence-electron chi connectivity index (χ0n) is 15.8. The predicted octanol–water partition coefficient (Wildman–Crippen LogP) is 2.26. The maximum absolute atomic E-state index is 12.7. The molecule has 0 bridgehead atoms. The standard InChI is InChI=1S/C21H27N3O3/c1-21(9-3-2-4-10-21)22-12-14-5-6-16-15(11-14)13-24(20(16)27)17-7-8-18(25)23-19(17)26/h5-6,11,17,22H,2-4,7-10,12-13H2,1H3,(H,23,25,26). The van der Waals surface area contributed by atoms with Gasteiger partial charge in [-0.25, -0.2) is 0 Å². The molecule has 6 heteroatoms. The average Bonchev–Trinajstić information content (AvgIpc) is 2.97. The number of piperidine rings is 1. The lowest BCUT2D eigenvalue weighted by Crippen LogP contribution is -2.52. The van der Waals surface area contributed by atoms with Crippen molar-refractivity contribution >= 4 is 17.7 Å². The Balaban J connectivity index is 1.44. The van der Waals surface area contributed by atoms with E-state index >= 15 is 0 Å². The normalized spacial score (nSPS) is 24.7. The van der Waals surface area contributed by atoms with Crippen molar-refractivity contribution in [3.05, 3.63) is 34.9 Å². The number of rotatable bonds is 4. The number of imide groups is 1. The molecule has 1 aromatic carbocycles. The van der Waals surface area contributed by atoms with E-state index < -0.39 is 6.04 Å². The van der Waals surface area contributed by atoms with Crippen molar-refractivity contribution in [2.24, 2.45) is 0 Å². The molecule has 1 aromatic rings. The van der Waals surface area contributed by atoms with Gasteiger partial charge in [-0.1, -0.05) is 31.4 Å². The molecular weight excluding hydrogens is 342 g/mol. The predicted molar refractivity (Wildman–Crippen MR) is 101 cm³/mol. The minimum absolute atomic E-state index is 0.113. The largest absolute Gasteiger partial charge is 0.322 e. The van der Waals surface area contributed by atoms with Crippen molar-refractivity contribution in [3.63, 3.8) is 0 Å². The Morgan fingerprint density at radius 2 is 1.96 bits per heavy atom. The summed E-state index contributed by atoms with van der Waals surface area (Å²) in [6.45, 7) is 3.52. The summed E-state index contributed by atoms with van der Waals surface area (Å²) in [5.41, 5.74) is 3.01. The fourth-order valence-electron chi connectivity index (χ4n) is 4.56. The van der Waals surface area contributed by atoms with Crippen molar-refractivity contribution in [2.75, 3.05) is 0 Å². The maximum Gasteiger partial charge on any atom is 0.255 e. The van der Waals surface area contributed by atoms with E-state index in [0.29, 0.717) is 18.5 Å². The lowest BCUT2D eigenvalue weighted by atomic mass is 9.83. The third-order valence-corrected chi connectivity index (χ3v) is 6.26. The van der Waals surface area contributed by atoms with Gasteiger partial charge in [-0.05, 0) is 43.4 Å². The number of carbonyl (C=O) groups is 3. The Morgan fingerprint density at radius 1 is 1.19 bits per heavy atom. The average molecular weight is 369 g/mol. The van der Waals surface area contributed by atoms with Gasteiger partial charge in [-0.15, -0.1) is 0 Å². The molecule has 1 atom stereocenters. The molecule has 4 rings (SSSR count). The Labute approximate surface area is 159 Å². The van der Waals surface area contributed by atoms with Gasteiger partial charge < -0.3 is 10.2 Å². The molecule has 0 aromatic heterocycles. The van der Waals surface area contributed by atoms with Gasteiger partial charge in [0.25, 0.3) is 5.91 Å². The van der Waals surface area contributed by atoms with Crippen LogP contribution >= 0.6 is 0 Å². The van der Waals surface area contributed by atoms with Crippen molar-refractivity contribution in [1.82, 2.24) is 15.5 Å². The second-order valence-corrected chi connectivity index (χ2v) is 8.37. The Bertz CT molecular complexity index is 783. The van der Waals surface area contributed by atoms with E-state index in [2.05, 4.69) is 23.6 Å². The van der Waals surface area contributed by atoms with Gasteiger partial charge in [-0.2, -0.15) is 0 Å². The van der Waals surface area contributed by atoms with Gasteiger partial charge in [0.2, 0.25) is 11.8 Å². The highest BCUT2D eigenvalue weighted by atomic mass is 16.2. The molecule has 0 spiro atoms. The highest BCUT2D eigenvalue weighted by Crippen LogP contribution is 2.30. The van der Waals surface area contributed by atoms with Crippen LogP contribution in [0.3, 0.4) is 0 Å². The first-order chi connectivity index (χ1) is 13.0. The molecule has 27 heavy (non-hydrogen) atoms. The van der Waals surface area contributed by atoms with Crippen LogP contribution in [0.15, 0.2) is 18.2 Å². The molecule has 3 amide bonds. The molecule has 6 nitrogen and oxygen atoms in total. The Hall–Kier alpha value is -2.21. The van der Waals surface area contributed by atoms with E-state index in [0.717, 1.165) is 12.1 Å². The second-order valence-electron chi connectivity index (χ2n) is 8.37. The lowest BCUT2D eigenvalue weighted by Gasteiger charge is -2.35. The molecule has 3 aliphatic rings. The third kappa shape index (κ3) is 3.63. The summed E-state index contributed by atoms with van der Waals surface area (Å²) in [4.78, 5) is 37.8. The first kappa shape index (κ1) is 18.2. The van der Waals surface area contributed by atoms with Crippen LogP contribution in [0.2, 0.25) is 0 Å². The molecule has 1 unspecified atom stereocenters. The summed E-state index contributed by atoms with van der Waals surface area (Å²) < 4.78 is 0.